The highest BCUT2D eigenvalue weighted by atomic mass is 35.5. The quantitative estimate of drug-likeness (QED) is 0.757. The number of carbonyl (C=O) groups excluding carboxylic acids is 2. The first-order valence-electron chi connectivity index (χ1n) is 7.98. The second-order valence-corrected chi connectivity index (χ2v) is 6.41. The van der Waals surface area contributed by atoms with Crippen LogP contribution in [-0.4, -0.2) is 17.9 Å². The van der Waals surface area contributed by atoms with Gasteiger partial charge in [0, 0.05) is 10.9 Å². The lowest BCUT2D eigenvalue weighted by Gasteiger charge is -2.25. The Morgan fingerprint density at radius 1 is 1.04 bits per heavy atom. The van der Waals surface area contributed by atoms with Crippen LogP contribution >= 0.6 is 11.6 Å². The summed E-state index contributed by atoms with van der Waals surface area (Å²) >= 11 is 6.10. The van der Waals surface area contributed by atoms with E-state index in [1.54, 1.807) is 42.2 Å². The number of hydrogen-bond donors (Lipinski definition) is 1. The predicted molar refractivity (Wildman–Crippen MR) is 100 cm³/mol. The maximum absolute atomic E-state index is 12.9. The van der Waals surface area contributed by atoms with Gasteiger partial charge in [-0.2, -0.15) is 0 Å². The molecule has 1 aliphatic rings. The van der Waals surface area contributed by atoms with Gasteiger partial charge in [-0.05, 0) is 36.6 Å². The fraction of sp³-hybridized carbons (Fsp3) is 0.100. The lowest BCUT2D eigenvalue weighted by Crippen LogP contribution is -2.44. The zero-order valence-electron chi connectivity index (χ0n) is 13.5. The van der Waals surface area contributed by atoms with Gasteiger partial charge in [0.15, 0.2) is 0 Å². The van der Waals surface area contributed by atoms with E-state index in [-0.39, 0.29) is 11.8 Å². The number of carbonyl (C=O) groups is 2. The summed E-state index contributed by atoms with van der Waals surface area (Å²) in [7, 11) is 0. The van der Waals surface area contributed by atoms with Crippen LogP contribution in [0.1, 0.15) is 17.3 Å². The molecule has 4 nitrogen and oxygen atoms in total. The molecule has 0 aliphatic carbocycles. The van der Waals surface area contributed by atoms with Gasteiger partial charge in [0.05, 0.1) is 16.4 Å². The number of halogens is 1. The maximum atomic E-state index is 12.9. The zero-order valence-corrected chi connectivity index (χ0v) is 14.2. The minimum atomic E-state index is -0.665. The summed E-state index contributed by atoms with van der Waals surface area (Å²) in [4.78, 5) is 27.1. The smallest absolute Gasteiger partial charge is 0.259 e. The van der Waals surface area contributed by atoms with Crippen molar-refractivity contribution in [3.8, 4) is 0 Å². The second kappa shape index (κ2) is 5.90. The Balaban J connectivity index is 1.69. The molecule has 1 unspecified atom stereocenters. The highest BCUT2D eigenvalue weighted by Crippen LogP contribution is 2.38. The molecule has 1 heterocycles. The molecular weight excluding hydrogens is 336 g/mol. The first-order chi connectivity index (χ1) is 12.1. The van der Waals surface area contributed by atoms with Crippen LogP contribution in [-0.2, 0) is 4.79 Å². The molecule has 0 bridgehead atoms. The minimum absolute atomic E-state index is 0.159. The number of nitrogens with one attached hydrogen (secondary N) is 1. The van der Waals surface area contributed by atoms with Crippen molar-refractivity contribution in [1.82, 2.24) is 0 Å². The van der Waals surface area contributed by atoms with Gasteiger partial charge in [-0.15, -0.1) is 0 Å². The molecule has 124 valence electrons. The van der Waals surface area contributed by atoms with Crippen molar-refractivity contribution in [2.75, 3.05) is 10.2 Å². The molecular formula is C20H15ClN2O2. The van der Waals surface area contributed by atoms with Gasteiger partial charge in [-0.25, -0.2) is 0 Å². The van der Waals surface area contributed by atoms with Gasteiger partial charge >= 0.3 is 0 Å². The zero-order chi connectivity index (χ0) is 17.6. The van der Waals surface area contributed by atoms with E-state index in [1.165, 1.54) is 0 Å². The largest absolute Gasteiger partial charge is 0.323 e. The molecule has 0 spiro atoms. The van der Waals surface area contributed by atoms with Crippen LogP contribution in [0.4, 0.5) is 11.4 Å². The molecule has 0 radical (unpaired) electrons. The number of nitrogens with zero attached hydrogens (tertiary/aromatic N) is 1. The van der Waals surface area contributed by atoms with Crippen molar-refractivity contribution >= 4 is 45.6 Å². The maximum Gasteiger partial charge on any atom is 0.259 e. The van der Waals surface area contributed by atoms with E-state index in [0.29, 0.717) is 16.3 Å². The van der Waals surface area contributed by atoms with E-state index in [4.69, 9.17) is 11.6 Å². The van der Waals surface area contributed by atoms with Crippen LogP contribution < -0.4 is 10.2 Å². The van der Waals surface area contributed by atoms with Crippen molar-refractivity contribution in [2.45, 2.75) is 13.0 Å². The number of anilines is 2. The Labute approximate surface area is 150 Å². The fourth-order valence-electron chi connectivity index (χ4n) is 3.24. The summed E-state index contributed by atoms with van der Waals surface area (Å²) in [6.45, 7) is 1.72. The first kappa shape index (κ1) is 15.7. The highest BCUT2D eigenvalue weighted by molar-refractivity contribution is 6.34. The molecule has 0 saturated carbocycles. The van der Waals surface area contributed by atoms with Gasteiger partial charge < -0.3 is 5.32 Å². The van der Waals surface area contributed by atoms with Crippen molar-refractivity contribution < 1.29 is 9.59 Å². The third kappa shape index (κ3) is 2.46. The molecule has 0 aromatic heterocycles. The Bertz CT molecular complexity index is 1010. The Hall–Kier alpha value is -2.85. The molecule has 0 saturated heterocycles. The number of rotatable bonds is 3. The summed E-state index contributed by atoms with van der Waals surface area (Å²) in [6.07, 6.45) is 0. The number of amides is 2. The van der Waals surface area contributed by atoms with Crippen LogP contribution in [0.25, 0.3) is 10.8 Å². The van der Waals surface area contributed by atoms with Crippen LogP contribution in [0.3, 0.4) is 0 Å². The molecule has 3 aromatic carbocycles. The minimum Gasteiger partial charge on any atom is -0.323 e. The summed E-state index contributed by atoms with van der Waals surface area (Å²) in [6, 6.07) is 17.7. The molecule has 2 amide bonds. The third-order valence-electron chi connectivity index (χ3n) is 4.49. The van der Waals surface area contributed by atoms with Crippen molar-refractivity contribution in [3.63, 3.8) is 0 Å². The predicted octanol–water partition coefficient (Wildman–Crippen LogP) is 4.48. The van der Waals surface area contributed by atoms with Gasteiger partial charge in [0.2, 0.25) is 5.91 Å². The fourth-order valence-corrected chi connectivity index (χ4v) is 3.42. The Morgan fingerprint density at radius 2 is 1.76 bits per heavy atom. The molecule has 3 aromatic rings. The second-order valence-electron chi connectivity index (χ2n) is 6.00. The number of benzene rings is 3. The summed E-state index contributed by atoms with van der Waals surface area (Å²) in [5, 5.41) is 5.15. The Kier molecular flexibility index (Phi) is 3.70. The van der Waals surface area contributed by atoms with Crippen LogP contribution in [0.5, 0.6) is 0 Å². The Morgan fingerprint density at radius 3 is 2.52 bits per heavy atom. The normalized spacial score (nSPS) is 14.0. The standard InChI is InChI=1S/C20H15ClN2O2/c1-12(19(24)22-16-10-3-2-9-15(16)21)23-17-11-5-7-13-6-4-8-14(18(13)17)20(23)25/h2-12H,1H3,(H,22,24). The van der Waals surface area contributed by atoms with E-state index in [0.717, 1.165) is 16.5 Å². The van der Waals surface area contributed by atoms with E-state index >= 15 is 0 Å². The topological polar surface area (TPSA) is 49.4 Å². The van der Waals surface area contributed by atoms with Crippen LogP contribution in [0.2, 0.25) is 5.02 Å². The molecule has 4 rings (SSSR count). The lowest BCUT2D eigenvalue weighted by molar-refractivity contribution is -0.117. The average molecular weight is 351 g/mol. The summed E-state index contributed by atoms with van der Waals surface area (Å²) in [5.41, 5.74) is 1.92. The van der Waals surface area contributed by atoms with Gasteiger partial charge in [-0.1, -0.05) is 48.0 Å². The van der Waals surface area contributed by atoms with E-state index in [9.17, 15) is 9.59 Å². The molecule has 1 atom stereocenters. The van der Waals surface area contributed by atoms with E-state index < -0.39 is 6.04 Å². The van der Waals surface area contributed by atoms with Gasteiger partial charge in [0.1, 0.15) is 6.04 Å². The first-order valence-corrected chi connectivity index (χ1v) is 8.36. The lowest BCUT2D eigenvalue weighted by atomic mass is 10.1. The number of para-hydroxylation sites is 1. The van der Waals surface area contributed by atoms with Crippen molar-refractivity contribution in [2.24, 2.45) is 0 Å². The molecule has 1 N–H and O–H groups in total. The molecule has 25 heavy (non-hydrogen) atoms. The summed E-state index contributed by atoms with van der Waals surface area (Å²) < 4.78 is 0. The van der Waals surface area contributed by atoms with E-state index in [1.807, 2.05) is 30.3 Å². The van der Waals surface area contributed by atoms with Crippen molar-refractivity contribution in [1.29, 1.82) is 0 Å². The van der Waals surface area contributed by atoms with Crippen molar-refractivity contribution in [3.05, 3.63) is 71.2 Å². The van der Waals surface area contributed by atoms with E-state index in [2.05, 4.69) is 5.32 Å². The average Bonchev–Trinajstić information content (AvgIpc) is 2.91. The summed E-state index contributed by atoms with van der Waals surface area (Å²) in [5.74, 6) is -0.445. The number of hydrogen-bond acceptors (Lipinski definition) is 2. The highest BCUT2D eigenvalue weighted by Gasteiger charge is 2.35. The molecule has 5 heteroatoms. The van der Waals surface area contributed by atoms with Crippen LogP contribution in [0, 0.1) is 0 Å². The monoisotopic (exact) mass is 350 g/mol. The molecule has 0 fully saturated rings. The third-order valence-corrected chi connectivity index (χ3v) is 4.82. The molecule has 1 aliphatic heterocycles. The van der Waals surface area contributed by atoms with Gasteiger partial charge in [0.25, 0.3) is 5.91 Å². The SMILES string of the molecule is CC(C(=O)Nc1ccccc1Cl)N1C(=O)c2cccc3cccc1c23. The van der Waals surface area contributed by atoms with Crippen LogP contribution in [0.15, 0.2) is 60.7 Å². The van der Waals surface area contributed by atoms with Gasteiger partial charge in [-0.3, -0.25) is 14.5 Å².